The molecule has 1 aromatic heterocycles. The van der Waals surface area contributed by atoms with Crippen molar-refractivity contribution in [3.63, 3.8) is 0 Å². The van der Waals surface area contributed by atoms with Crippen LogP contribution in [0, 0.1) is 0 Å². The van der Waals surface area contributed by atoms with E-state index in [1.807, 2.05) is 0 Å². The number of carboxylic acids is 1. The number of benzene rings is 1. The molecule has 0 amide bonds. The number of methoxy groups -OCH3 is 1. The number of carbonyl (C=O) groups is 1. The monoisotopic (exact) mass is 279 g/mol. The minimum Gasteiger partial charge on any atom is -0.495 e. The predicted octanol–water partition coefficient (Wildman–Crippen LogP) is 3.23. The first-order chi connectivity index (χ1) is 9.10. The van der Waals surface area contributed by atoms with E-state index < -0.39 is 5.97 Å². The zero-order valence-corrected chi connectivity index (χ0v) is 10.7. The van der Waals surface area contributed by atoms with Crippen molar-refractivity contribution < 1.29 is 19.4 Å². The van der Waals surface area contributed by atoms with Crippen molar-refractivity contribution in [1.29, 1.82) is 0 Å². The lowest BCUT2D eigenvalue weighted by Gasteiger charge is -2.07. The number of pyridine rings is 1. The van der Waals surface area contributed by atoms with E-state index in [-0.39, 0.29) is 11.6 Å². The lowest BCUT2D eigenvalue weighted by Crippen LogP contribution is -2.00. The van der Waals surface area contributed by atoms with Crippen LogP contribution in [0.3, 0.4) is 0 Å². The van der Waals surface area contributed by atoms with Crippen LogP contribution in [0.25, 0.3) is 0 Å². The van der Waals surface area contributed by atoms with Gasteiger partial charge in [0.25, 0.3) is 0 Å². The second-order valence-corrected chi connectivity index (χ2v) is 3.97. The van der Waals surface area contributed by atoms with Crippen molar-refractivity contribution in [3.8, 4) is 17.4 Å². The second kappa shape index (κ2) is 5.58. The number of ether oxygens (including phenoxy) is 2. The number of hydrogen-bond donors (Lipinski definition) is 1. The molecule has 0 saturated carbocycles. The maximum absolute atomic E-state index is 10.8. The van der Waals surface area contributed by atoms with E-state index in [1.165, 1.54) is 13.2 Å². The minimum absolute atomic E-state index is 0.0860. The lowest BCUT2D eigenvalue weighted by molar-refractivity contribution is 0.0689. The van der Waals surface area contributed by atoms with Crippen molar-refractivity contribution in [2.75, 3.05) is 7.11 Å². The largest absolute Gasteiger partial charge is 0.495 e. The maximum atomic E-state index is 10.8. The Morgan fingerprint density at radius 2 is 2.11 bits per heavy atom. The molecule has 0 saturated heterocycles. The fourth-order valence-electron chi connectivity index (χ4n) is 1.42. The van der Waals surface area contributed by atoms with Gasteiger partial charge in [-0.3, -0.25) is 0 Å². The molecule has 6 heteroatoms. The molecule has 0 aliphatic rings. The highest BCUT2D eigenvalue weighted by Crippen LogP contribution is 2.30. The van der Waals surface area contributed by atoms with Crippen molar-refractivity contribution in [3.05, 3.63) is 47.1 Å². The normalized spacial score (nSPS) is 10.0. The molecule has 98 valence electrons. The van der Waals surface area contributed by atoms with Crippen LogP contribution < -0.4 is 9.47 Å². The Hall–Kier alpha value is -2.27. The van der Waals surface area contributed by atoms with Gasteiger partial charge in [0.1, 0.15) is 11.5 Å². The highest BCUT2D eigenvalue weighted by atomic mass is 35.5. The van der Waals surface area contributed by atoms with Crippen molar-refractivity contribution >= 4 is 17.6 Å². The van der Waals surface area contributed by atoms with E-state index in [9.17, 15) is 4.79 Å². The highest BCUT2D eigenvalue weighted by Gasteiger charge is 2.08. The molecule has 5 nitrogen and oxygen atoms in total. The third kappa shape index (κ3) is 3.14. The third-order valence-electron chi connectivity index (χ3n) is 2.29. The molecule has 19 heavy (non-hydrogen) atoms. The Morgan fingerprint density at radius 1 is 1.32 bits per heavy atom. The number of halogens is 1. The van der Waals surface area contributed by atoms with Crippen LogP contribution in [0.1, 0.15) is 10.5 Å². The van der Waals surface area contributed by atoms with Gasteiger partial charge in [-0.05, 0) is 18.2 Å². The number of carboxylic acid groups (broad SMARTS) is 1. The summed E-state index contributed by atoms with van der Waals surface area (Å²) in [5.41, 5.74) is -0.0860. The van der Waals surface area contributed by atoms with Gasteiger partial charge < -0.3 is 14.6 Å². The standard InChI is InChI=1S/C13H10ClNO4/c1-18-11-6-5-8(7-9(11)14)19-12-4-2-3-10(15-12)13(16)17/h2-7H,1H3,(H,16,17). The van der Waals surface area contributed by atoms with Gasteiger partial charge in [0.15, 0.2) is 5.69 Å². The van der Waals surface area contributed by atoms with E-state index in [0.717, 1.165) is 0 Å². The molecule has 1 aromatic carbocycles. The summed E-state index contributed by atoms with van der Waals surface area (Å²) in [6.07, 6.45) is 0. The summed E-state index contributed by atoms with van der Waals surface area (Å²) in [6, 6.07) is 9.37. The van der Waals surface area contributed by atoms with E-state index in [4.69, 9.17) is 26.2 Å². The molecule has 2 aromatic rings. The SMILES string of the molecule is COc1ccc(Oc2cccc(C(=O)O)n2)cc1Cl. The lowest BCUT2D eigenvalue weighted by atomic mass is 10.3. The molecule has 0 atom stereocenters. The van der Waals surface area contributed by atoms with Crippen molar-refractivity contribution in [2.24, 2.45) is 0 Å². The van der Waals surface area contributed by atoms with Crippen LogP contribution in [0.5, 0.6) is 17.4 Å². The number of aromatic nitrogens is 1. The van der Waals surface area contributed by atoms with Gasteiger partial charge in [-0.1, -0.05) is 17.7 Å². The summed E-state index contributed by atoms with van der Waals surface area (Å²) in [6.45, 7) is 0. The van der Waals surface area contributed by atoms with E-state index in [1.54, 1.807) is 30.3 Å². The quantitative estimate of drug-likeness (QED) is 0.930. The molecule has 1 heterocycles. The third-order valence-corrected chi connectivity index (χ3v) is 2.58. The molecule has 0 unspecified atom stereocenters. The molecule has 0 bridgehead atoms. The predicted molar refractivity (Wildman–Crippen MR) is 69.3 cm³/mol. The Morgan fingerprint density at radius 3 is 2.74 bits per heavy atom. The molecule has 1 N–H and O–H groups in total. The zero-order valence-electron chi connectivity index (χ0n) is 9.96. The Balaban J connectivity index is 2.23. The van der Waals surface area contributed by atoms with E-state index in [0.29, 0.717) is 16.5 Å². The van der Waals surface area contributed by atoms with Gasteiger partial charge in [0.05, 0.1) is 12.1 Å². The minimum atomic E-state index is -1.11. The summed E-state index contributed by atoms with van der Waals surface area (Å²) in [4.78, 5) is 14.6. The number of aromatic carboxylic acids is 1. The number of hydrogen-bond acceptors (Lipinski definition) is 4. The summed E-state index contributed by atoms with van der Waals surface area (Å²) < 4.78 is 10.5. The molecule has 0 aliphatic heterocycles. The van der Waals surface area contributed by atoms with Crippen LogP contribution in [-0.2, 0) is 0 Å². The molecular weight excluding hydrogens is 270 g/mol. The van der Waals surface area contributed by atoms with Crippen LogP contribution in [0.2, 0.25) is 5.02 Å². The van der Waals surface area contributed by atoms with Crippen LogP contribution in [0.4, 0.5) is 0 Å². The molecule has 2 rings (SSSR count). The highest BCUT2D eigenvalue weighted by molar-refractivity contribution is 6.32. The van der Waals surface area contributed by atoms with Crippen molar-refractivity contribution in [2.45, 2.75) is 0 Å². The van der Waals surface area contributed by atoms with Crippen LogP contribution in [-0.4, -0.2) is 23.2 Å². The number of rotatable bonds is 4. The Bertz CT molecular complexity index is 615. The first-order valence-corrected chi connectivity index (χ1v) is 5.69. The average Bonchev–Trinajstić information content (AvgIpc) is 2.39. The zero-order chi connectivity index (χ0) is 13.8. The van der Waals surface area contributed by atoms with Crippen LogP contribution >= 0.6 is 11.6 Å². The smallest absolute Gasteiger partial charge is 0.354 e. The maximum Gasteiger partial charge on any atom is 0.354 e. The fraction of sp³-hybridized carbons (Fsp3) is 0.0769. The van der Waals surface area contributed by atoms with E-state index in [2.05, 4.69) is 4.98 Å². The average molecular weight is 280 g/mol. The summed E-state index contributed by atoms with van der Waals surface area (Å²) in [7, 11) is 1.51. The van der Waals surface area contributed by atoms with Gasteiger partial charge in [0, 0.05) is 12.1 Å². The summed E-state index contributed by atoms with van der Waals surface area (Å²) >= 11 is 5.96. The molecule has 0 fully saturated rings. The fourth-order valence-corrected chi connectivity index (χ4v) is 1.67. The van der Waals surface area contributed by atoms with Crippen LogP contribution in [0.15, 0.2) is 36.4 Å². The molecule has 0 radical (unpaired) electrons. The Kier molecular flexibility index (Phi) is 3.87. The molecule has 0 spiro atoms. The van der Waals surface area contributed by atoms with Gasteiger partial charge in [-0.25, -0.2) is 9.78 Å². The summed E-state index contributed by atoms with van der Waals surface area (Å²) in [5, 5.41) is 9.23. The number of nitrogens with zero attached hydrogens (tertiary/aromatic N) is 1. The topological polar surface area (TPSA) is 68.7 Å². The second-order valence-electron chi connectivity index (χ2n) is 3.56. The van der Waals surface area contributed by atoms with Gasteiger partial charge >= 0.3 is 5.97 Å². The molecular formula is C13H10ClNO4. The van der Waals surface area contributed by atoms with Gasteiger partial charge in [-0.15, -0.1) is 0 Å². The van der Waals surface area contributed by atoms with Gasteiger partial charge in [0.2, 0.25) is 5.88 Å². The summed E-state index contributed by atoms with van der Waals surface area (Å²) in [5.74, 6) is 0.0430. The first-order valence-electron chi connectivity index (χ1n) is 5.32. The molecule has 0 aliphatic carbocycles. The van der Waals surface area contributed by atoms with Gasteiger partial charge in [-0.2, -0.15) is 0 Å². The van der Waals surface area contributed by atoms with Crippen molar-refractivity contribution in [1.82, 2.24) is 4.98 Å². The Labute approximate surface area is 114 Å². The van der Waals surface area contributed by atoms with E-state index >= 15 is 0 Å². The first kappa shape index (κ1) is 13.2.